The minimum atomic E-state index is -0.968. The standard InChI is InChI=1S/C10H13NO3/c1-2-3-11-4-7-6-14-9(10(12)13)8(7)5-11/h6H,2-5H2,1H3,(H,12,13). The molecule has 0 aromatic carbocycles. The van der Waals surface area contributed by atoms with Gasteiger partial charge in [0.05, 0.1) is 6.26 Å². The molecule has 1 aromatic heterocycles. The van der Waals surface area contributed by atoms with Crippen molar-refractivity contribution in [1.29, 1.82) is 0 Å². The summed E-state index contributed by atoms with van der Waals surface area (Å²) < 4.78 is 5.00. The summed E-state index contributed by atoms with van der Waals surface area (Å²) >= 11 is 0. The predicted octanol–water partition coefficient (Wildman–Crippen LogP) is 1.70. The molecule has 14 heavy (non-hydrogen) atoms. The molecule has 4 nitrogen and oxygen atoms in total. The molecule has 0 aliphatic carbocycles. The first-order valence-electron chi connectivity index (χ1n) is 4.77. The van der Waals surface area contributed by atoms with Gasteiger partial charge in [-0.05, 0) is 13.0 Å². The van der Waals surface area contributed by atoms with Gasteiger partial charge < -0.3 is 9.52 Å². The number of fused-ring (bicyclic) bond motifs is 1. The fraction of sp³-hybridized carbons (Fsp3) is 0.500. The van der Waals surface area contributed by atoms with E-state index in [1.165, 1.54) is 0 Å². The van der Waals surface area contributed by atoms with E-state index in [0.717, 1.165) is 30.6 Å². The summed E-state index contributed by atoms with van der Waals surface area (Å²) in [5, 5.41) is 8.84. The quantitative estimate of drug-likeness (QED) is 0.797. The number of hydrogen-bond acceptors (Lipinski definition) is 3. The number of carboxylic acids is 1. The molecule has 1 aromatic rings. The molecule has 0 radical (unpaired) electrons. The van der Waals surface area contributed by atoms with Gasteiger partial charge in [0.25, 0.3) is 0 Å². The van der Waals surface area contributed by atoms with Crippen LogP contribution in [0.5, 0.6) is 0 Å². The Bertz CT molecular complexity index is 356. The van der Waals surface area contributed by atoms with Crippen molar-refractivity contribution in [2.24, 2.45) is 0 Å². The first-order chi connectivity index (χ1) is 6.72. The number of rotatable bonds is 3. The van der Waals surface area contributed by atoms with Crippen LogP contribution in [0.2, 0.25) is 0 Å². The van der Waals surface area contributed by atoms with Crippen LogP contribution >= 0.6 is 0 Å². The van der Waals surface area contributed by atoms with E-state index in [9.17, 15) is 4.79 Å². The SMILES string of the molecule is CCCN1Cc2coc(C(=O)O)c2C1. The van der Waals surface area contributed by atoms with Crippen molar-refractivity contribution >= 4 is 5.97 Å². The normalized spacial score (nSPS) is 15.8. The lowest BCUT2D eigenvalue weighted by molar-refractivity contribution is 0.0659. The Morgan fingerprint density at radius 3 is 3.07 bits per heavy atom. The highest BCUT2D eigenvalue weighted by Crippen LogP contribution is 2.27. The lowest BCUT2D eigenvalue weighted by Gasteiger charge is -2.12. The third-order valence-corrected chi connectivity index (χ3v) is 2.49. The third kappa shape index (κ3) is 1.42. The van der Waals surface area contributed by atoms with Crippen LogP contribution in [0.15, 0.2) is 10.7 Å². The molecule has 1 N–H and O–H groups in total. The van der Waals surface area contributed by atoms with E-state index in [-0.39, 0.29) is 5.76 Å². The van der Waals surface area contributed by atoms with Gasteiger partial charge in [0.1, 0.15) is 0 Å². The van der Waals surface area contributed by atoms with Gasteiger partial charge in [0, 0.05) is 24.2 Å². The summed E-state index contributed by atoms with van der Waals surface area (Å²) in [6.07, 6.45) is 2.65. The van der Waals surface area contributed by atoms with Crippen LogP contribution in [-0.4, -0.2) is 22.5 Å². The van der Waals surface area contributed by atoms with E-state index >= 15 is 0 Å². The smallest absolute Gasteiger partial charge is 0.372 e. The Labute approximate surface area is 82.1 Å². The van der Waals surface area contributed by atoms with Crippen molar-refractivity contribution < 1.29 is 14.3 Å². The molecule has 0 unspecified atom stereocenters. The molecule has 2 rings (SSSR count). The second-order valence-corrected chi connectivity index (χ2v) is 3.58. The lowest BCUT2D eigenvalue weighted by Crippen LogP contribution is -2.17. The first-order valence-corrected chi connectivity index (χ1v) is 4.77. The highest BCUT2D eigenvalue weighted by molar-refractivity contribution is 5.86. The zero-order chi connectivity index (χ0) is 10.1. The summed E-state index contributed by atoms with van der Waals surface area (Å²) in [4.78, 5) is 13.0. The molecule has 0 bridgehead atoms. The molecule has 0 atom stereocenters. The average Bonchev–Trinajstić information content (AvgIpc) is 2.62. The van der Waals surface area contributed by atoms with Crippen molar-refractivity contribution in [1.82, 2.24) is 4.90 Å². The van der Waals surface area contributed by atoms with Crippen molar-refractivity contribution in [3.8, 4) is 0 Å². The summed E-state index contributed by atoms with van der Waals surface area (Å²) in [6, 6.07) is 0. The molecule has 1 aliphatic rings. The van der Waals surface area contributed by atoms with Crippen LogP contribution in [0.4, 0.5) is 0 Å². The molecular formula is C10H13NO3. The maximum absolute atomic E-state index is 10.8. The van der Waals surface area contributed by atoms with Gasteiger partial charge in [0.15, 0.2) is 0 Å². The van der Waals surface area contributed by atoms with Crippen molar-refractivity contribution in [2.75, 3.05) is 6.54 Å². The van der Waals surface area contributed by atoms with E-state index < -0.39 is 5.97 Å². The molecular weight excluding hydrogens is 182 g/mol. The topological polar surface area (TPSA) is 53.7 Å². The van der Waals surface area contributed by atoms with Crippen LogP contribution in [0, 0.1) is 0 Å². The molecule has 0 amide bonds. The third-order valence-electron chi connectivity index (χ3n) is 2.49. The second kappa shape index (κ2) is 3.46. The minimum absolute atomic E-state index is 0.110. The Kier molecular flexibility index (Phi) is 2.29. The molecule has 76 valence electrons. The fourth-order valence-corrected chi connectivity index (χ4v) is 1.90. The van der Waals surface area contributed by atoms with Crippen LogP contribution in [0.1, 0.15) is 35.0 Å². The zero-order valence-electron chi connectivity index (χ0n) is 8.12. The van der Waals surface area contributed by atoms with Gasteiger partial charge >= 0.3 is 5.97 Å². The van der Waals surface area contributed by atoms with E-state index in [4.69, 9.17) is 9.52 Å². The van der Waals surface area contributed by atoms with Gasteiger partial charge in [-0.2, -0.15) is 0 Å². The van der Waals surface area contributed by atoms with Gasteiger partial charge in [-0.25, -0.2) is 4.79 Å². The van der Waals surface area contributed by atoms with Gasteiger partial charge in [-0.3, -0.25) is 4.90 Å². The zero-order valence-corrected chi connectivity index (χ0v) is 8.12. The number of nitrogens with zero attached hydrogens (tertiary/aromatic N) is 1. The van der Waals surface area contributed by atoms with E-state index in [2.05, 4.69) is 11.8 Å². The molecule has 0 fully saturated rings. The van der Waals surface area contributed by atoms with E-state index in [1.54, 1.807) is 6.26 Å². The summed E-state index contributed by atoms with van der Waals surface area (Å²) in [6.45, 7) is 4.65. The number of carbonyl (C=O) groups is 1. The van der Waals surface area contributed by atoms with Crippen LogP contribution < -0.4 is 0 Å². The van der Waals surface area contributed by atoms with Crippen molar-refractivity contribution in [3.63, 3.8) is 0 Å². The summed E-state index contributed by atoms with van der Waals surface area (Å²) in [7, 11) is 0. The molecule has 1 aliphatic heterocycles. The van der Waals surface area contributed by atoms with Gasteiger partial charge in [-0.15, -0.1) is 0 Å². The largest absolute Gasteiger partial charge is 0.475 e. The monoisotopic (exact) mass is 195 g/mol. The maximum atomic E-state index is 10.8. The highest BCUT2D eigenvalue weighted by atomic mass is 16.4. The van der Waals surface area contributed by atoms with Crippen LogP contribution in [-0.2, 0) is 13.1 Å². The summed E-state index contributed by atoms with van der Waals surface area (Å²) in [5.74, 6) is -0.858. The molecule has 2 heterocycles. The van der Waals surface area contributed by atoms with Crippen molar-refractivity contribution in [2.45, 2.75) is 26.4 Å². The highest BCUT2D eigenvalue weighted by Gasteiger charge is 2.27. The first kappa shape index (κ1) is 9.27. The summed E-state index contributed by atoms with van der Waals surface area (Å²) in [5.41, 5.74) is 1.88. The van der Waals surface area contributed by atoms with Crippen LogP contribution in [0.3, 0.4) is 0 Å². The lowest BCUT2D eigenvalue weighted by atomic mass is 10.2. The van der Waals surface area contributed by atoms with E-state index in [0.29, 0.717) is 6.54 Å². The average molecular weight is 195 g/mol. The molecule has 4 heteroatoms. The van der Waals surface area contributed by atoms with Gasteiger partial charge in [0.2, 0.25) is 5.76 Å². The Hall–Kier alpha value is -1.29. The Morgan fingerprint density at radius 2 is 2.43 bits per heavy atom. The number of furan rings is 1. The second-order valence-electron chi connectivity index (χ2n) is 3.58. The number of aromatic carboxylic acids is 1. The number of carboxylic acid groups (broad SMARTS) is 1. The number of hydrogen-bond donors (Lipinski definition) is 1. The molecule has 0 saturated heterocycles. The van der Waals surface area contributed by atoms with E-state index in [1.807, 2.05) is 0 Å². The molecule has 0 spiro atoms. The van der Waals surface area contributed by atoms with Crippen molar-refractivity contribution in [3.05, 3.63) is 23.2 Å². The maximum Gasteiger partial charge on any atom is 0.372 e. The Morgan fingerprint density at radius 1 is 1.64 bits per heavy atom. The molecule has 0 saturated carbocycles. The van der Waals surface area contributed by atoms with Crippen LogP contribution in [0.25, 0.3) is 0 Å². The van der Waals surface area contributed by atoms with Gasteiger partial charge in [-0.1, -0.05) is 6.92 Å². The Balaban J connectivity index is 2.19. The predicted molar refractivity (Wildman–Crippen MR) is 50.1 cm³/mol. The fourth-order valence-electron chi connectivity index (χ4n) is 1.90. The minimum Gasteiger partial charge on any atom is -0.475 e.